The highest BCUT2D eigenvalue weighted by atomic mass is 32.2. The monoisotopic (exact) mass is 565 g/mol. The Labute approximate surface area is 238 Å². The van der Waals surface area contributed by atoms with Crippen molar-refractivity contribution in [3.63, 3.8) is 0 Å². The van der Waals surface area contributed by atoms with Crippen LogP contribution in [0.25, 0.3) is 0 Å². The van der Waals surface area contributed by atoms with Gasteiger partial charge in [-0.15, -0.1) is 0 Å². The molecule has 0 spiro atoms. The molecular formula is C31H39N3O5S. The molecule has 0 aliphatic heterocycles. The van der Waals surface area contributed by atoms with Crippen molar-refractivity contribution in [3.05, 3.63) is 95.6 Å². The van der Waals surface area contributed by atoms with Crippen LogP contribution < -0.4 is 14.4 Å². The molecule has 2 amide bonds. The maximum atomic E-state index is 13.7. The highest BCUT2D eigenvalue weighted by molar-refractivity contribution is 7.92. The van der Waals surface area contributed by atoms with E-state index in [1.54, 1.807) is 31.2 Å². The van der Waals surface area contributed by atoms with Crippen molar-refractivity contribution < 1.29 is 22.7 Å². The van der Waals surface area contributed by atoms with Gasteiger partial charge in [-0.25, -0.2) is 8.42 Å². The van der Waals surface area contributed by atoms with Crippen molar-refractivity contribution in [2.24, 2.45) is 5.92 Å². The smallest absolute Gasteiger partial charge is 0.244 e. The van der Waals surface area contributed by atoms with Crippen LogP contribution in [-0.2, 0) is 32.8 Å². The molecule has 0 bridgehead atoms. The number of benzene rings is 3. The first-order valence-corrected chi connectivity index (χ1v) is 15.2. The number of rotatable bonds is 13. The Bertz CT molecular complexity index is 1360. The summed E-state index contributed by atoms with van der Waals surface area (Å²) in [4.78, 5) is 28.0. The minimum Gasteiger partial charge on any atom is -0.489 e. The summed E-state index contributed by atoms with van der Waals surface area (Å²) in [6.45, 7) is 8.17. The van der Waals surface area contributed by atoms with Crippen LogP contribution in [0.4, 0.5) is 5.69 Å². The average Bonchev–Trinajstić information content (AvgIpc) is 2.93. The molecule has 3 aromatic rings. The van der Waals surface area contributed by atoms with Gasteiger partial charge in [-0.3, -0.25) is 13.9 Å². The lowest BCUT2D eigenvalue weighted by molar-refractivity contribution is -0.139. The summed E-state index contributed by atoms with van der Waals surface area (Å²) in [5.41, 5.74) is 3.25. The second-order valence-electron chi connectivity index (χ2n) is 10.4. The van der Waals surface area contributed by atoms with Gasteiger partial charge in [-0.1, -0.05) is 74.0 Å². The van der Waals surface area contributed by atoms with E-state index in [4.69, 9.17) is 4.74 Å². The number of aryl methyl sites for hydroxylation is 1. The largest absolute Gasteiger partial charge is 0.489 e. The molecule has 0 unspecified atom stereocenters. The molecule has 1 N–H and O–H groups in total. The molecule has 3 rings (SSSR count). The molecule has 1 atom stereocenters. The van der Waals surface area contributed by atoms with E-state index in [9.17, 15) is 18.0 Å². The normalized spacial score (nSPS) is 12.1. The van der Waals surface area contributed by atoms with Gasteiger partial charge >= 0.3 is 0 Å². The van der Waals surface area contributed by atoms with Crippen LogP contribution in [0, 0.1) is 12.8 Å². The first-order valence-electron chi connectivity index (χ1n) is 13.3. The molecule has 8 nitrogen and oxygen atoms in total. The van der Waals surface area contributed by atoms with E-state index < -0.39 is 28.5 Å². The molecule has 3 aromatic carbocycles. The van der Waals surface area contributed by atoms with Crippen LogP contribution in [0.1, 0.15) is 37.5 Å². The molecule has 214 valence electrons. The van der Waals surface area contributed by atoms with Crippen LogP contribution in [0.3, 0.4) is 0 Å². The maximum Gasteiger partial charge on any atom is 0.244 e. The van der Waals surface area contributed by atoms with E-state index in [1.165, 1.54) is 4.90 Å². The number of anilines is 1. The Kier molecular flexibility index (Phi) is 10.7. The van der Waals surface area contributed by atoms with Crippen molar-refractivity contribution in [2.75, 3.05) is 23.7 Å². The number of amides is 2. The highest BCUT2D eigenvalue weighted by Gasteiger charge is 2.30. The Morgan fingerprint density at radius 2 is 1.50 bits per heavy atom. The van der Waals surface area contributed by atoms with Crippen LogP contribution in [0.5, 0.6) is 5.75 Å². The van der Waals surface area contributed by atoms with Gasteiger partial charge in [-0.05, 0) is 55.2 Å². The third kappa shape index (κ3) is 9.12. The number of nitrogens with one attached hydrogen (secondary N) is 1. The second kappa shape index (κ2) is 14.0. The predicted molar refractivity (Wildman–Crippen MR) is 158 cm³/mol. The Morgan fingerprint density at radius 3 is 2.08 bits per heavy atom. The number of carbonyl (C=O) groups excluding carboxylic acids is 2. The topological polar surface area (TPSA) is 96.0 Å². The predicted octanol–water partition coefficient (Wildman–Crippen LogP) is 4.53. The minimum absolute atomic E-state index is 0.166. The SMILES string of the molecule is Cc1ccc(CN(C(=O)CN(c2ccc(OCc3ccccc3)cc2)S(C)(=O)=O)[C@@H](C)C(=O)NCC(C)C)cc1. The fourth-order valence-electron chi connectivity index (χ4n) is 3.99. The van der Waals surface area contributed by atoms with E-state index >= 15 is 0 Å². The zero-order valence-corrected chi connectivity index (χ0v) is 24.6. The van der Waals surface area contributed by atoms with Crippen LogP contribution in [0.15, 0.2) is 78.9 Å². The van der Waals surface area contributed by atoms with Gasteiger partial charge in [0, 0.05) is 13.1 Å². The summed E-state index contributed by atoms with van der Waals surface area (Å²) >= 11 is 0. The number of hydrogen-bond acceptors (Lipinski definition) is 5. The number of hydrogen-bond donors (Lipinski definition) is 1. The Morgan fingerprint density at radius 1 is 0.875 bits per heavy atom. The van der Waals surface area contributed by atoms with Crippen molar-refractivity contribution in [1.82, 2.24) is 10.2 Å². The summed E-state index contributed by atoms with van der Waals surface area (Å²) in [6.07, 6.45) is 1.06. The van der Waals surface area contributed by atoms with Gasteiger partial charge in [0.1, 0.15) is 24.9 Å². The van der Waals surface area contributed by atoms with Crippen molar-refractivity contribution in [3.8, 4) is 5.75 Å². The second-order valence-corrected chi connectivity index (χ2v) is 12.3. The molecule has 0 heterocycles. The molecule has 0 saturated carbocycles. The number of ether oxygens (including phenoxy) is 1. The van der Waals surface area contributed by atoms with E-state index in [0.717, 1.165) is 27.3 Å². The summed E-state index contributed by atoms with van der Waals surface area (Å²) in [5.74, 6) is 0.0455. The molecule has 0 aromatic heterocycles. The van der Waals surface area contributed by atoms with Crippen LogP contribution in [0.2, 0.25) is 0 Å². The maximum absolute atomic E-state index is 13.7. The molecule has 0 radical (unpaired) electrons. The van der Waals surface area contributed by atoms with Crippen LogP contribution >= 0.6 is 0 Å². The standard InChI is InChI=1S/C31H39N3O5S/c1-23(2)19-32-31(36)25(4)33(20-26-13-11-24(3)12-14-26)30(35)21-34(40(5,37)38)28-15-17-29(18-16-28)39-22-27-9-7-6-8-10-27/h6-18,23,25H,19-22H2,1-5H3,(H,32,36)/t25-/m0/s1. The lowest BCUT2D eigenvalue weighted by Crippen LogP contribution is -2.51. The zero-order chi connectivity index (χ0) is 29.3. The summed E-state index contributed by atoms with van der Waals surface area (Å²) in [5, 5.41) is 2.88. The number of sulfonamides is 1. The lowest BCUT2D eigenvalue weighted by atomic mass is 10.1. The number of nitrogens with zero attached hydrogens (tertiary/aromatic N) is 2. The van der Waals surface area contributed by atoms with Crippen molar-refractivity contribution >= 4 is 27.5 Å². The molecule has 0 aliphatic carbocycles. The van der Waals surface area contributed by atoms with Gasteiger partial charge in [0.05, 0.1) is 11.9 Å². The van der Waals surface area contributed by atoms with Crippen molar-refractivity contribution in [2.45, 2.75) is 46.9 Å². The fourth-order valence-corrected chi connectivity index (χ4v) is 4.84. The Hall–Kier alpha value is -3.85. The first-order chi connectivity index (χ1) is 18.9. The first kappa shape index (κ1) is 30.7. The highest BCUT2D eigenvalue weighted by Crippen LogP contribution is 2.23. The molecular weight excluding hydrogens is 526 g/mol. The van der Waals surface area contributed by atoms with Gasteiger partial charge < -0.3 is 15.0 Å². The van der Waals surface area contributed by atoms with Gasteiger partial charge in [-0.2, -0.15) is 0 Å². The van der Waals surface area contributed by atoms with Crippen LogP contribution in [-0.4, -0.2) is 50.5 Å². The molecule has 0 aliphatic rings. The third-order valence-electron chi connectivity index (χ3n) is 6.38. The average molecular weight is 566 g/mol. The number of carbonyl (C=O) groups is 2. The fraction of sp³-hybridized carbons (Fsp3) is 0.355. The zero-order valence-electron chi connectivity index (χ0n) is 23.8. The van der Waals surface area contributed by atoms with Gasteiger partial charge in [0.2, 0.25) is 21.8 Å². The van der Waals surface area contributed by atoms with Gasteiger partial charge in [0.25, 0.3) is 0 Å². The summed E-state index contributed by atoms with van der Waals surface area (Å²) < 4.78 is 32.5. The van der Waals surface area contributed by atoms with E-state index in [-0.39, 0.29) is 18.4 Å². The molecule has 0 saturated heterocycles. The third-order valence-corrected chi connectivity index (χ3v) is 7.52. The summed E-state index contributed by atoms with van der Waals surface area (Å²) in [6, 6.07) is 23.1. The van der Waals surface area contributed by atoms with E-state index in [2.05, 4.69) is 5.32 Å². The summed E-state index contributed by atoms with van der Waals surface area (Å²) in [7, 11) is -3.82. The molecule has 9 heteroatoms. The minimum atomic E-state index is -3.82. The molecule has 0 fully saturated rings. The molecule has 40 heavy (non-hydrogen) atoms. The lowest BCUT2D eigenvalue weighted by Gasteiger charge is -2.31. The van der Waals surface area contributed by atoms with E-state index in [1.807, 2.05) is 75.4 Å². The quantitative estimate of drug-likeness (QED) is 0.329. The van der Waals surface area contributed by atoms with E-state index in [0.29, 0.717) is 24.6 Å². The van der Waals surface area contributed by atoms with Crippen molar-refractivity contribution in [1.29, 1.82) is 0 Å². The Balaban J connectivity index is 1.80. The van der Waals surface area contributed by atoms with Gasteiger partial charge in [0.15, 0.2) is 0 Å².